The van der Waals surface area contributed by atoms with Gasteiger partial charge in [-0.15, -0.1) is 0 Å². The molecular formula is C12H11F3O3. The molecule has 0 spiro atoms. The minimum atomic E-state index is -4.43. The van der Waals surface area contributed by atoms with Crippen molar-refractivity contribution in [2.75, 3.05) is 7.11 Å². The number of halogens is 3. The maximum Gasteiger partial charge on any atom is 0.416 e. The van der Waals surface area contributed by atoms with Crippen LogP contribution >= 0.6 is 0 Å². The van der Waals surface area contributed by atoms with E-state index in [9.17, 15) is 23.1 Å². The van der Waals surface area contributed by atoms with Crippen LogP contribution in [0.25, 0.3) is 0 Å². The molecule has 98 valence electrons. The number of carbonyl (C=O) groups is 1. The van der Waals surface area contributed by atoms with Gasteiger partial charge in [0.05, 0.1) is 24.7 Å². The molecule has 3 nitrogen and oxygen atoms in total. The van der Waals surface area contributed by atoms with E-state index in [0.717, 1.165) is 12.1 Å². The highest BCUT2D eigenvalue weighted by Gasteiger charge is 2.39. The molecular weight excluding hydrogens is 249 g/mol. The normalized spacial score (nSPS) is 22.7. The predicted molar refractivity (Wildman–Crippen MR) is 55.6 cm³/mol. The molecule has 0 aromatic heterocycles. The maximum absolute atomic E-state index is 12.5. The summed E-state index contributed by atoms with van der Waals surface area (Å²) in [6.45, 7) is 0. The second-order valence-corrected chi connectivity index (χ2v) is 4.19. The van der Waals surface area contributed by atoms with Crippen molar-refractivity contribution in [1.29, 1.82) is 0 Å². The second-order valence-electron chi connectivity index (χ2n) is 4.19. The van der Waals surface area contributed by atoms with Crippen molar-refractivity contribution in [3.8, 4) is 0 Å². The van der Waals surface area contributed by atoms with E-state index < -0.39 is 29.7 Å². The minimum absolute atomic E-state index is 0.0626. The maximum atomic E-state index is 12.5. The highest BCUT2D eigenvalue weighted by Crippen LogP contribution is 2.39. The van der Waals surface area contributed by atoms with Gasteiger partial charge >= 0.3 is 12.1 Å². The third-order valence-electron chi connectivity index (χ3n) is 3.11. The first-order valence-corrected chi connectivity index (χ1v) is 5.30. The second kappa shape index (κ2) is 4.28. The number of methoxy groups -OCH3 is 1. The molecule has 0 aliphatic heterocycles. The molecule has 6 heteroatoms. The zero-order valence-corrected chi connectivity index (χ0v) is 9.49. The SMILES string of the molecule is COC(=O)C1Cc2cc(C(F)(F)F)ccc2C1O. The van der Waals surface area contributed by atoms with Crippen molar-refractivity contribution in [3.63, 3.8) is 0 Å². The number of ether oxygens (including phenoxy) is 1. The van der Waals surface area contributed by atoms with Crippen molar-refractivity contribution >= 4 is 5.97 Å². The van der Waals surface area contributed by atoms with Gasteiger partial charge in [0, 0.05) is 0 Å². The largest absolute Gasteiger partial charge is 0.469 e. The van der Waals surface area contributed by atoms with Crippen LogP contribution in [0.5, 0.6) is 0 Å². The highest BCUT2D eigenvalue weighted by atomic mass is 19.4. The monoisotopic (exact) mass is 260 g/mol. The van der Waals surface area contributed by atoms with Crippen LogP contribution in [-0.2, 0) is 22.1 Å². The molecule has 0 saturated carbocycles. The molecule has 0 heterocycles. The van der Waals surface area contributed by atoms with Gasteiger partial charge < -0.3 is 9.84 Å². The summed E-state index contributed by atoms with van der Waals surface area (Å²) in [4.78, 5) is 11.4. The van der Waals surface area contributed by atoms with Gasteiger partial charge in [0.2, 0.25) is 0 Å². The fourth-order valence-electron chi connectivity index (χ4n) is 2.18. The van der Waals surface area contributed by atoms with E-state index in [4.69, 9.17) is 0 Å². The summed E-state index contributed by atoms with van der Waals surface area (Å²) in [5.41, 5.74) is -0.0786. The molecule has 0 fully saturated rings. The summed E-state index contributed by atoms with van der Waals surface area (Å²) in [5.74, 6) is -1.44. The molecule has 1 aromatic carbocycles. The minimum Gasteiger partial charge on any atom is -0.469 e. The first-order chi connectivity index (χ1) is 8.34. The summed E-state index contributed by atoms with van der Waals surface area (Å²) in [6.07, 6.45) is -5.47. The molecule has 2 rings (SSSR count). The molecule has 1 aliphatic carbocycles. The number of fused-ring (bicyclic) bond motifs is 1. The molecule has 0 radical (unpaired) electrons. The number of hydrogen-bond acceptors (Lipinski definition) is 3. The van der Waals surface area contributed by atoms with E-state index in [2.05, 4.69) is 4.74 Å². The summed E-state index contributed by atoms with van der Waals surface area (Å²) in [6, 6.07) is 3.09. The lowest BCUT2D eigenvalue weighted by molar-refractivity contribution is -0.148. The Bertz CT molecular complexity index is 482. The quantitative estimate of drug-likeness (QED) is 0.786. The zero-order valence-electron chi connectivity index (χ0n) is 9.49. The van der Waals surface area contributed by atoms with Gasteiger partial charge in [0.15, 0.2) is 0 Å². The molecule has 0 bridgehead atoms. The molecule has 0 saturated heterocycles. The average molecular weight is 260 g/mol. The van der Waals surface area contributed by atoms with Gasteiger partial charge in [0.25, 0.3) is 0 Å². The van der Waals surface area contributed by atoms with Crippen LogP contribution in [0.3, 0.4) is 0 Å². The van der Waals surface area contributed by atoms with Gasteiger partial charge in [-0.1, -0.05) is 6.07 Å². The molecule has 2 atom stereocenters. The molecule has 2 unspecified atom stereocenters. The van der Waals surface area contributed by atoms with Crippen LogP contribution in [0, 0.1) is 5.92 Å². The molecule has 18 heavy (non-hydrogen) atoms. The third kappa shape index (κ3) is 2.08. The van der Waals surface area contributed by atoms with Crippen LogP contribution in [0.2, 0.25) is 0 Å². The van der Waals surface area contributed by atoms with Crippen molar-refractivity contribution in [3.05, 3.63) is 34.9 Å². The number of carbonyl (C=O) groups excluding carboxylic acids is 1. The Morgan fingerprint density at radius 1 is 1.44 bits per heavy atom. The number of alkyl halides is 3. The molecule has 1 aromatic rings. The molecule has 0 amide bonds. The zero-order chi connectivity index (χ0) is 13.5. The standard InChI is InChI=1S/C12H11F3O3/c1-18-11(17)9-5-6-4-7(12(13,14)15)2-3-8(6)10(9)16/h2-4,9-10,16H,5H2,1H3. The fraction of sp³-hybridized carbons (Fsp3) is 0.417. The van der Waals surface area contributed by atoms with Crippen LogP contribution in [0.1, 0.15) is 22.8 Å². The predicted octanol–water partition coefficient (Wildman–Crippen LogP) is 2.08. The van der Waals surface area contributed by atoms with Crippen molar-refractivity contribution in [2.45, 2.75) is 18.7 Å². The van der Waals surface area contributed by atoms with E-state index in [-0.39, 0.29) is 6.42 Å². The summed E-state index contributed by atoms with van der Waals surface area (Å²) in [7, 11) is 1.18. The summed E-state index contributed by atoms with van der Waals surface area (Å²) in [5, 5.41) is 9.85. The number of rotatable bonds is 1. The first kappa shape index (κ1) is 12.9. The van der Waals surface area contributed by atoms with E-state index in [1.807, 2.05) is 0 Å². The van der Waals surface area contributed by atoms with Crippen molar-refractivity contribution in [1.82, 2.24) is 0 Å². The number of esters is 1. The third-order valence-corrected chi connectivity index (χ3v) is 3.11. The first-order valence-electron chi connectivity index (χ1n) is 5.30. The fourth-order valence-corrected chi connectivity index (χ4v) is 2.18. The highest BCUT2D eigenvalue weighted by molar-refractivity contribution is 5.75. The number of aliphatic hydroxyl groups excluding tert-OH is 1. The van der Waals surface area contributed by atoms with Crippen molar-refractivity contribution in [2.24, 2.45) is 5.92 Å². The lowest BCUT2D eigenvalue weighted by Gasteiger charge is -2.12. The Hall–Kier alpha value is -1.56. The van der Waals surface area contributed by atoms with E-state index >= 15 is 0 Å². The van der Waals surface area contributed by atoms with Gasteiger partial charge in [-0.3, -0.25) is 4.79 Å². The van der Waals surface area contributed by atoms with Crippen LogP contribution in [-0.4, -0.2) is 18.2 Å². The topological polar surface area (TPSA) is 46.5 Å². The van der Waals surface area contributed by atoms with Gasteiger partial charge in [-0.25, -0.2) is 0 Å². The van der Waals surface area contributed by atoms with E-state index in [1.54, 1.807) is 0 Å². The lowest BCUT2D eigenvalue weighted by atomic mass is 10.0. The van der Waals surface area contributed by atoms with Crippen LogP contribution < -0.4 is 0 Å². The number of hydrogen-bond donors (Lipinski definition) is 1. The van der Waals surface area contributed by atoms with E-state index in [1.165, 1.54) is 13.2 Å². The molecule has 1 aliphatic rings. The van der Waals surface area contributed by atoms with Gasteiger partial charge in [0.1, 0.15) is 0 Å². The smallest absolute Gasteiger partial charge is 0.416 e. The number of benzene rings is 1. The summed E-state index contributed by atoms with van der Waals surface area (Å²) < 4.78 is 42.1. The van der Waals surface area contributed by atoms with Gasteiger partial charge in [-0.05, 0) is 29.7 Å². The Morgan fingerprint density at radius 2 is 2.11 bits per heavy atom. The Morgan fingerprint density at radius 3 is 2.67 bits per heavy atom. The van der Waals surface area contributed by atoms with Crippen LogP contribution in [0.4, 0.5) is 13.2 Å². The number of aliphatic hydroxyl groups is 1. The summed E-state index contributed by atoms with van der Waals surface area (Å²) >= 11 is 0. The average Bonchev–Trinajstić information content (AvgIpc) is 2.64. The lowest BCUT2D eigenvalue weighted by Crippen LogP contribution is -2.20. The van der Waals surface area contributed by atoms with E-state index in [0.29, 0.717) is 11.1 Å². The molecule has 1 N–H and O–H groups in total. The Kier molecular flexibility index (Phi) is 3.06. The Balaban J connectivity index is 2.35. The van der Waals surface area contributed by atoms with Crippen LogP contribution in [0.15, 0.2) is 18.2 Å². The Labute approximate surface area is 101 Å². The van der Waals surface area contributed by atoms with Gasteiger partial charge in [-0.2, -0.15) is 13.2 Å². The van der Waals surface area contributed by atoms with Crippen molar-refractivity contribution < 1.29 is 27.8 Å².